The first-order valence-corrected chi connectivity index (χ1v) is 6.05. The second kappa shape index (κ2) is 5.82. The highest BCUT2D eigenvalue weighted by Gasteiger charge is 2.35. The van der Waals surface area contributed by atoms with E-state index in [0.29, 0.717) is 11.3 Å². The maximum absolute atomic E-state index is 12.4. The van der Waals surface area contributed by atoms with Gasteiger partial charge in [0.1, 0.15) is 5.75 Å². The molecule has 0 fully saturated rings. The van der Waals surface area contributed by atoms with E-state index < -0.39 is 16.3 Å². The molecular weight excluding hydrogens is 246 g/mol. The van der Waals surface area contributed by atoms with Crippen LogP contribution in [0.4, 0.5) is 0 Å². The van der Waals surface area contributed by atoms with E-state index in [1.165, 1.54) is 0 Å². The van der Waals surface area contributed by atoms with Gasteiger partial charge in [0.15, 0.2) is 5.78 Å². The van der Waals surface area contributed by atoms with E-state index in [1.54, 1.807) is 31.4 Å². The molecule has 1 aromatic carbocycles. The van der Waals surface area contributed by atoms with Gasteiger partial charge in [-0.2, -0.15) is 0 Å². The monoisotopic (exact) mass is 265 g/mol. The Kier molecular flexibility index (Phi) is 4.64. The highest BCUT2D eigenvalue weighted by Crippen LogP contribution is 2.29. The van der Waals surface area contributed by atoms with Gasteiger partial charge in [-0.3, -0.25) is 14.9 Å². The lowest BCUT2D eigenvalue weighted by atomic mass is 9.76. The van der Waals surface area contributed by atoms with Crippen LogP contribution >= 0.6 is 0 Å². The van der Waals surface area contributed by atoms with Crippen LogP contribution in [0.2, 0.25) is 0 Å². The largest absolute Gasteiger partial charge is 0.497 e. The van der Waals surface area contributed by atoms with Crippen LogP contribution in [0.25, 0.3) is 0 Å². The number of methoxy groups -OCH3 is 1. The Hall–Kier alpha value is -1.91. The van der Waals surface area contributed by atoms with Gasteiger partial charge in [0.05, 0.1) is 13.0 Å². The highest BCUT2D eigenvalue weighted by molar-refractivity contribution is 5.98. The quantitative estimate of drug-likeness (QED) is 0.466. The molecule has 0 heterocycles. The lowest BCUT2D eigenvalue weighted by molar-refractivity contribution is -0.488. The fourth-order valence-corrected chi connectivity index (χ4v) is 1.86. The molecule has 0 amide bonds. The molecule has 0 spiro atoms. The topological polar surface area (TPSA) is 69.4 Å². The average Bonchev–Trinajstić information content (AvgIpc) is 2.34. The number of rotatable bonds is 5. The van der Waals surface area contributed by atoms with Crippen LogP contribution in [0.3, 0.4) is 0 Å². The van der Waals surface area contributed by atoms with Crippen molar-refractivity contribution in [3.05, 3.63) is 39.9 Å². The Balaban J connectivity index is 3.01. The minimum atomic E-state index is -0.643. The number of nitrogens with zero attached hydrogens (tertiary/aromatic N) is 1. The zero-order chi connectivity index (χ0) is 14.6. The Morgan fingerprint density at radius 1 is 1.32 bits per heavy atom. The van der Waals surface area contributed by atoms with Crippen molar-refractivity contribution in [3.8, 4) is 5.75 Å². The number of benzene rings is 1. The fourth-order valence-electron chi connectivity index (χ4n) is 1.86. The van der Waals surface area contributed by atoms with Crippen molar-refractivity contribution in [1.29, 1.82) is 0 Å². The van der Waals surface area contributed by atoms with Crippen LogP contribution in [0.5, 0.6) is 5.75 Å². The van der Waals surface area contributed by atoms with Gasteiger partial charge in [-0.15, -0.1) is 0 Å². The number of ketones is 1. The second-order valence-electron chi connectivity index (χ2n) is 5.53. The normalized spacial score (nSPS) is 12.8. The molecule has 1 atom stereocenters. The molecule has 19 heavy (non-hydrogen) atoms. The van der Waals surface area contributed by atoms with Crippen molar-refractivity contribution < 1.29 is 14.5 Å². The minimum Gasteiger partial charge on any atom is -0.497 e. The number of carbonyl (C=O) groups excluding carboxylic acids is 1. The molecular formula is C14H19NO4. The lowest BCUT2D eigenvalue weighted by Gasteiger charge is -2.26. The SMILES string of the molecule is COc1ccc(C(=O)[C@H](C[N+](=O)[O-])C(C)(C)C)cc1. The number of hydrogen-bond donors (Lipinski definition) is 0. The first-order chi connectivity index (χ1) is 8.75. The zero-order valence-electron chi connectivity index (χ0n) is 11.7. The van der Waals surface area contributed by atoms with E-state index in [9.17, 15) is 14.9 Å². The molecule has 0 aliphatic rings. The summed E-state index contributed by atoms with van der Waals surface area (Å²) < 4.78 is 5.02. The molecule has 5 heteroatoms. The molecule has 1 aromatic rings. The van der Waals surface area contributed by atoms with Gasteiger partial charge in [0, 0.05) is 10.5 Å². The number of Topliss-reactive ketones (excluding diaryl/α,β-unsaturated/α-hetero) is 1. The van der Waals surface area contributed by atoms with Crippen molar-refractivity contribution in [1.82, 2.24) is 0 Å². The van der Waals surface area contributed by atoms with Crippen LogP contribution in [0.1, 0.15) is 31.1 Å². The third-order valence-electron chi connectivity index (χ3n) is 3.07. The predicted molar refractivity (Wildman–Crippen MR) is 72.1 cm³/mol. The summed E-state index contributed by atoms with van der Waals surface area (Å²) in [5.74, 6) is -0.194. The summed E-state index contributed by atoms with van der Waals surface area (Å²) in [4.78, 5) is 22.7. The van der Waals surface area contributed by atoms with Gasteiger partial charge < -0.3 is 4.74 Å². The smallest absolute Gasteiger partial charge is 0.214 e. The third-order valence-corrected chi connectivity index (χ3v) is 3.07. The predicted octanol–water partition coefficient (Wildman–Crippen LogP) is 2.82. The maximum atomic E-state index is 12.4. The Labute approximate surface area is 112 Å². The van der Waals surface area contributed by atoms with E-state index in [4.69, 9.17) is 4.74 Å². The Morgan fingerprint density at radius 3 is 2.21 bits per heavy atom. The molecule has 104 valence electrons. The van der Waals surface area contributed by atoms with Gasteiger partial charge in [0.2, 0.25) is 6.54 Å². The first-order valence-electron chi connectivity index (χ1n) is 6.05. The fraction of sp³-hybridized carbons (Fsp3) is 0.500. The first kappa shape index (κ1) is 15.1. The van der Waals surface area contributed by atoms with E-state index >= 15 is 0 Å². The molecule has 0 saturated heterocycles. The van der Waals surface area contributed by atoms with Gasteiger partial charge in [0.25, 0.3) is 0 Å². The van der Waals surface area contributed by atoms with Gasteiger partial charge in [-0.1, -0.05) is 20.8 Å². The number of ether oxygens (including phenoxy) is 1. The molecule has 0 unspecified atom stereocenters. The van der Waals surface area contributed by atoms with Crippen LogP contribution in [0, 0.1) is 21.4 Å². The molecule has 0 aliphatic carbocycles. The standard InChI is InChI=1S/C14H19NO4/c1-14(2,3)12(9-15(17)18)13(16)10-5-7-11(19-4)8-6-10/h5-8,12H,9H2,1-4H3/t12-/m0/s1. The molecule has 5 nitrogen and oxygen atoms in total. The molecule has 0 radical (unpaired) electrons. The van der Waals surface area contributed by atoms with Gasteiger partial charge in [-0.25, -0.2) is 0 Å². The zero-order valence-corrected chi connectivity index (χ0v) is 11.7. The number of hydrogen-bond acceptors (Lipinski definition) is 4. The Morgan fingerprint density at radius 2 is 1.84 bits per heavy atom. The maximum Gasteiger partial charge on any atom is 0.214 e. The highest BCUT2D eigenvalue weighted by atomic mass is 16.6. The van der Waals surface area contributed by atoms with E-state index in [0.717, 1.165) is 0 Å². The van der Waals surface area contributed by atoms with Gasteiger partial charge in [-0.05, 0) is 29.7 Å². The van der Waals surface area contributed by atoms with Crippen molar-refractivity contribution >= 4 is 5.78 Å². The summed E-state index contributed by atoms with van der Waals surface area (Å²) in [5, 5.41) is 10.7. The Bertz CT molecular complexity index is 459. The lowest BCUT2D eigenvalue weighted by Crippen LogP contribution is -2.34. The van der Waals surface area contributed by atoms with Crippen LogP contribution < -0.4 is 4.74 Å². The van der Waals surface area contributed by atoms with Crippen molar-refractivity contribution in [2.45, 2.75) is 20.8 Å². The number of nitro groups is 1. The summed E-state index contributed by atoms with van der Waals surface area (Å²) in [7, 11) is 1.54. The summed E-state index contributed by atoms with van der Waals surface area (Å²) in [6.45, 7) is 5.15. The summed E-state index contributed by atoms with van der Waals surface area (Å²) in [6.07, 6.45) is 0. The summed E-state index contributed by atoms with van der Waals surface area (Å²) in [6, 6.07) is 6.64. The summed E-state index contributed by atoms with van der Waals surface area (Å²) >= 11 is 0. The van der Waals surface area contributed by atoms with Gasteiger partial charge >= 0.3 is 0 Å². The minimum absolute atomic E-state index is 0.202. The molecule has 1 rings (SSSR count). The molecule has 0 bridgehead atoms. The van der Waals surface area contributed by atoms with E-state index in [-0.39, 0.29) is 12.3 Å². The molecule has 0 N–H and O–H groups in total. The van der Waals surface area contributed by atoms with Crippen LogP contribution in [0.15, 0.2) is 24.3 Å². The van der Waals surface area contributed by atoms with Crippen molar-refractivity contribution in [2.75, 3.05) is 13.7 Å². The van der Waals surface area contributed by atoms with Crippen molar-refractivity contribution in [3.63, 3.8) is 0 Å². The van der Waals surface area contributed by atoms with E-state index in [2.05, 4.69) is 0 Å². The number of carbonyl (C=O) groups is 1. The molecule has 0 aromatic heterocycles. The second-order valence-corrected chi connectivity index (χ2v) is 5.53. The molecule has 0 saturated carbocycles. The summed E-state index contributed by atoms with van der Waals surface area (Å²) in [5.41, 5.74) is 0.0203. The average molecular weight is 265 g/mol. The third kappa shape index (κ3) is 4.05. The van der Waals surface area contributed by atoms with Crippen LogP contribution in [-0.4, -0.2) is 24.4 Å². The van der Waals surface area contributed by atoms with E-state index in [1.807, 2.05) is 20.8 Å². The van der Waals surface area contributed by atoms with Crippen LogP contribution in [-0.2, 0) is 0 Å². The van der Waals surface area contributed by atoms with Crippen molar-refractivity contribution in [2.24, 2.45) is 11.3 Å². The molecule has 0 aliphatic heterocycles.